The third kappa shape index (κ3) is 4.51. The fourth-order valence-corrected chi connectivity index (χ4v) is 4.65. The summed E-state index contributed by atoms with van der Waals surface area (Å²) in [6, 6.07) is 11.9. The lowest BCUT2D eigenvalue weighted by molar-refractivity contribution is 0.271. The van der Waals surface area contributed by atoms with Crippen molar-refractivity contribution >= 4 is 28.4 Å². The van der Waals surface area contributed by atoms with Crippen LogP contribution in [0.25, 0.3) is 16.7 Å². The van der Waals surface area contributed by atoms with Crippen molar-refractivity contribution in [3.05, 3.63) is 64.8 Å². The second-order valence-electron chi connectivity index (χ2n) is 9.21. The first-order chi connectivity index (χ1) is 16.9. The SMILES string of the molecule is CCN1CCN(c2ccc(Nc3nc(C)c4cc(-n5cccn5)c(=O)n(C(C)C)c4n3)cc2)CC1. The molecule has 1 fully saturated rings. The van der Waals surface area contributed by atoms with E-state index in [4.69, 9.17) is 9.97 Å². The van der Waals surface area contributed by atoms with Gasteiger partial charge in [0.05, 0.1) is 5.69 Å². The molecular formula is C26H32N8O. The minimum atomic E-state index is -0.132. The Balaban J connectivity index is 1.45. The number of hydrogen-bond acceptors (Lipinski definition) is 7. The number of benzene rings is 1. The molecule has 9 heteroatoms. The van der Waals surface area contributed by atoms with Crippen molar-refractivity contribution in [2.75, 3.05) is 42.9 Å². The summed E-state index contributed by atoms with van der Waals surface area (Å²) in [5.74, 6) is 0.472. The van der Waals surface area contributed by atoms with Gasteiger partial charge in [-0.1, -0.05) is 6.92 Å². The number of fused-ring (bicyclic) bond motifs is 1. The van der Waals surface area contributed by atoms with Gasteiger partial charge in [-0.05, 0) is 63.7 Å². The Labute approximate surface area is 205 Å². The van der Waals surface area contributed by atoms with Crippen LogP contribution in [-0.2, 0) is 0 Å². The summed E-state index contributed by atoms with van der Waals surface area (Å²) in [6.45, 7) is 13.5. The molecule has 4 aromatic rings. The van der Waals surface area contributed by atoms with Crippen LogP contribution in [0, 0.1) is 6.92 Å². The van der Waals surface area contributed by atoms with E-state index in [1.165, 1.54) is 5.69 Å². The molecule has 9 nitrogen and oxygen atoms in total. The Bertz CT molecular complexity index is 1370. The van der Waals surface area contributed by atoms with E-state index in [-0.39, 0.29) is 11.6 Å². The molecule has 0 spiro atoms. The van der Waals surface area contributed by atoms with Crippen LogP contribution in [0.2, 0.25) is 0 Å². The molecule has 0 aliphatic carbocycles. The normalized spacial score (nSPS) is 14.7. The molecule has 1 aliphatic rings. The summed E-state index contributed by atoms with van der Waals surface area (Å²) in [5.41, 5.74) is 3.90. The Morgan fingerprint density at radius 2 is 1.80 bits per heavy atom. The number of nitrogens with one attached hydrogen (secondary N) is 1. The summed E-state index contributed by atoms with van der Waals surface area (Å²) < 4.78 is 3.31. The maximum Gasteiger partial charge on any atom is 0.278 e. The fourth-order valence-electron chi connectivity index (χ4n) is 4.65. The van der Waals surface area contributed by atoms with Crippen LogP contribution in [0.1, 0.15) is 32.5 Å². The smallest absolute Gasteiger partial charge is 0.278 e. The molecule has 0 unspecified atom stereocenters. The van der Waals surface area contributed by atoms with E-state index in [0.717, 1.165) is 49.5 Å². The van der Waals surface area contributed by atoms with Crippen LogP contribution >= 0.6 is 0 Å². The van der Waals surface area contributed by atoms with Gasteiger partial charge in [0.15, 0.2) is 0 Å². The lowest BCUT2D eigenvalue weighted by Gasteiger charge is -2.35. The summed E-state index contributed by atoms with van der Waals surface area (Å²) >= 11 is 0. The topological polar surface area (TPSA) is 84.1 Å². The predicted octanol–water partition coefficient (Wildman–Crippen LogP) is 3.75. The number of hydrogen-bond donors (Lipinski definition) is 1. The van der Waals surface area contributed by atoms with Crippen LogP contribution in [0.4, 0.5) is 17.3 Å². The second kappa shape index (κ2) is 9.50. The highest BCUT2D eigenvalue weighted by atomic mass is 16.1. The van der Waals surface area contributed by atoms with Crippen molar-refractivity contribution in [1.82, 2.24) is 29.2 Å². The van der Waals surface area contributed by atoms with E-state index in [1.54, 1.807) is 27.7 Å². The Hall–Kier alpha value is -3.72. The van der Waals surface area contributed by atoms with Crippen molar-refractivity contribution in [1.29, 1.82) is 0 Å². The number of aromatic nitrogens is 5. The number of rotatable bonds is 6. The molecule has 3 aromatic heterocycles. The van der Waals surface area contributed by atoms with Crippen LogP contribution < -0.4 is 15.8 Å². The van der Waals surface area contributed by atoms with Crippen molar-refractivity contribution in [3.8, 4) is 5.69 Å². The van der Waals surface area contributed by atoms with Gasteiger partial charge in [-0.3, -0.25) is 9.36 Å². The fraction of sp³-hybridized carbons (Fsp3) is 0.385. The van der Waals surface area contributed by atoms with Crippen LogP contribution in [0.15, 0.2) is 53.6 Å². The van der Waals surface area contributed by atoms with Gasteiger partial charge >= 0.3 is 0 Å². The maximum absolute atomic E-state index is 13.3. The molecule has 4 heterocycles. The van der Waals surface area contributed by atoms with Gasteiger partial charge in [0.2, 0.25) is 5.95 Å². The first-order valence-electron chi connectivity index (χ1n) is 12.2. The van der Waals surface area contributed by atoms with Gasteiger partial charge in [0.25, 0.3) is 5.56 Å². The molecular weight excluding hydrogens is 440 g/mol. The van der Waals surface area contributed by atoms with E-state index in [1.807, 2.05) is 26.8 Å². The van der Waals surface area contributed by atoms with Crippen molar-refractivity contribution < 1.29 is 0 Å². The molecule has 1 aliphatic heterocycles. The molecule has 5 rings (SSSR count). The summed E-state index contributed by atoms with van der Waals surface area (Å²) in [4.78, 5) is 27.7. The quantitative estimate of drug-likeness (QED) is 0.457. The number of piperazine rings is 1. The molecule has 182 valence electrons. The van der Waals surface area contributed by atoms with E-state index in [9.17, 15) is 4.79 Å². The predicted molar refractivity (Wildman–Crippen MR) is 140 cm³/mol. The highest BCUT2D eigenvalue weighted by Crippen LogP contribution is 2.24. The summed E-state index contributed by atoms with van der Waals surface area (Å²) in [5, 5.41) is 8.41. The van der Waals surface area contributed by atoms with E-state index >= 15 is 0 Å². The van der Waals surface area contributed by atoms with Gasteiger partial charge in [-0.25, -0.2) is 9.67 Å². The van der Waals surface area contributed by atoms with Crippen LogP contribution in [-0.4, -0.2) is 61.9 Å². The van der Waals surface area contributed by atoms with Crippen LogP contribution in [0.5, 0.6) is 0 Å². The molecule has 1 N–H and O–H groups in total. The third-order valence-corrected chi connectivity index (χ3v) is 6.64. The molecule has 35 heavy (non-hydrogen) atoms. The standard InChI is InChI=1S/C26H32N8O/c1-5-31-13-15-32(16-14-31)21-9-7-20(8-10-21)29-26-28-19(4)22-17-23(33-12-6-11-27-33)25(35)34(18(2)3)24(22)30-26/h6-12,17-18H,5,13-16H2,1-4H3,(H,28,29,30). The molecule has 0 amide bonds. The first-order valence-corrected chi connectivity index (χ1v) is 12.2. The zero-order chi connectivity index (χ0) is 24.5. The summed E-state index contributed by atoms with van der Waals surface area (Å²) in [7, 11) is 0. The average molecular weight is 473 g/mol. The van der Waals surface area contributed by atoms with Gasteiger partial charge in [0.1, 0.15) is 11.3 Å². The maximum atomic E-state index is 13.3. The zero-order valence-electron chi connectivity index (χ0n) is 20.8. The van der Waals surface area contributed by atoms with Crippen LogP contribution in [0.3, 0.4) is 0 Å². The number of likely N-dealkylation sites (N-methyl/N-ethyl adjacent to an activating group) is 1. The second-order valence-corrected chi connectivity index (χ2v) is 9.21. The highest BCUT2D eigenvalue weighted by molar-refractivity contribution is 5.81. The average Bonchev–Trinajstić information content (AvgIpc) is 3.39. The zero-order valence-corrected chi connectivity index (χ0v) is 20.8. The van der Waals surface area contributed by atoms with E-state index in [2.05, 4.69) is 51.4 Å². The number of aryl methyl sites for hydroxylation is 1. The number of nitrogens with zero attached hydrogens (tertiary/aromatic N) is 7. The Morgan fingerprint density at radius 1 is 1.06 bits per heavy atom. The number of anilines is 3. The first kappa shape index (κ1) is 23.0. The molecule has 0 bridgehead atoms. The third-order valence-electron chi connectivity index (χ3n) is 6.64. The van der Waals surface area contributed by atoms with E-state index < -0.39 is 0 Å². The molecule has 0 radical (unpaired) electrons. The lowest BCUT2D eigenvalue weighted by Crippen LogP contribution is -2.46. The van der Waals surface area contributed by atoms with Gasteiger partial charge in [-0.2, -0.15) is 10.1 Å². The van der Waals surface area contributed by atoms with Crippen molar-refractivity contribution in [3.63, 3.8) is 0 Å². The highest BCUT2D eigenvalue weighted by Gasteiger charge is 2.18. The summed E-state index contributed by atoms with van der Waals surface area (Å²) in [6.07, 6.45) is 3.43. The molecule has 0 saturated carbocycles. The van der Waals surface area contributed by atoms with Gasteiger partial charge < -0.3 is 15.1 Å². The minimum Gasteiger partial charge on any atom is -0.369 e. The minimum absolute atomic E-state index is 0.0740. The van der Waals surface area contributed by atoms with E-state index in [0.29, 0.717) is 17.3 Å². The monoisotopic (exact) mass is 472 g/mol. The van der Waals surface area contributed by atoms with Gasteiger partial charge in [-0.15, -0.1) is 0 Å². The van der Waals surface area contributed by atoms with Crippen molar-refractivity contribution in [2.45, 2.75) is 33.7 Å². The lowest BCUT2D eigenvalue weighted by atomic mass is 10.2. The van der Waals surface area contributed by atoms with Crippen molar-refractivity contribution in [2.24, 2.45) is 0 Å². The van der Waals surface area contributed by atoms with Gasteiger partial charge in [0, 0.05) is 61.4 Å². The Morgan fingerprint density at radius 3 is 2.43 bits per heavy atom. The Kier molecular flexibility index (Phi) is 6.25. The molecule has 1 saturated heterocycles. The molecule has 0 atom stereocenters. The molecule has 1 aromatic carbocycles. The largest absolute Gasteiger partial charge is 0.369 e. The number of pyridine rings is 1.